The Morgan fingerprint density at radius 1 is 1.07 bits per heavy atom. The second-order valence-corrected chi connectivity index (χ2v) is 7.48. The summed E-state index contributed by atoms with van der Waals surface area (Å²) in [7, 11) is 3.51. The fourth-order valence-corrected chi connectivity index (χ4v) is 3.58. The molecule has 0 spiro atoms. The third kappa shape index (κ3) is 6.73. The highest BCUT2D eigenvalue weighted by molar-refractivity contribution is 5.81. The Balaban J connectivity index is 1.64. The van der Waals surface area contributed by atoms with Gasteiger partial charge in [-0.2, -0.15) is 0 Å². The summed E-state index contributed by atoms with van der Waals surface area (Å²) in [6.07, 6.45) is 5.29. The maximum absolute atomic E-state index is 12.5. The quantitative estimate of drug-likeness (QED) is 0.623. The van der Waals surface area contributed by atoms with E-state index in [4.69, 9.17) is 9.47 Å². The van der Waals surface area contributed by atoms with Gasteiger partial charge >= 0.3 is 0 Å². The summed E-state index contributed by atoms with van der Waals surface area (Å²) in [5.41, 5.74) is 0. The van der Waals surface area contributed by atoms with Gasteiger partial charge in [0.25, 0.3) is 0 Å². The molecule has 2 rings (SSSR count). The summed E-state index contributed by atoms with van der Waals surface area (Å²) >= 11 is 0. The van der Waals surface area contributed by atoms with Gasteiger partial charge in [-0.3, -0.25) is 9.59 Å². The van der Waals surface area contributed by atoms with E-state index >= 15 is 0 Å². The number of carbonyl (C=O) groups excluding carboxylic acids is 2. The number of amides is 2. The first kappa shape index (κ1) is 22.1. The normalized spacial score (nSPS) is 19.0. The first-order valence-electron chi connectivity index (χ1n) is 10.3. The Bertz CT molecular complexity index is 609. The molecule has 0 unspecified atom stereocenters. The number of unbranched alkanes of at least 4 members (excludes halogenated alkanes) is 1. The van der Waals surface area contributed by atoms with Crippen molar-refractivity contribution in [2.24, 2.45) is 11.8 Å². The number of benzene rings is 1. The third-order valence-electron chi connectivity index (χ3n) is 5.40. The number of nitrogens with one attached hydrogen (secondary N) is 1. The number of methoxy groups -OCH3 is 1. The first-order chi connectivity index (χ1) is 13.5. The van der Waals surface area contributed by atoms with Crippen LogP contribution in [0, 0.1) is 11.8 Å². The lowest BCUT2D eigenvalue weighted by atomic mass is 9.81. The van der Waals surface area contributed by atoms with Gasteiger partial charge in [0.15, 0.2) is 0 Å². The van der Waals surface area contributed by atoms with Crippen molar-refractivity contribution in [3.63, 3.8) is 0 Å². The lowest BCUT2D eigenvalue weighted by molar-refractivity contribution is -0.137. The van der Waals surface area contributed by atoms with Crippen LogP contribution in [0.1, 0.15) is 45.4 Å². The molecule has 1 aromatic rings. The molecule has 1 aliphatic rings. The van der Waals surface area contributed by atoms with Crippen molar-refractivity contribution < 1.29 is 19.1 Å². The zero-order valence-electron chi connectivity index (χ0n) is 17.4. The van der Waals surface area contributed by atoms with E-state index < -0.39 is 0 Å². The molecule has 0 radical (unpaired) electrons. The highest BCUT2D eigenvalue weighted by atomic mass is 16.5. The van der Waals surface area contributed by atoms with Crippen molar-refractivity contribution in [1.82, 2.24) is 10.2 Å². The van der Waals surface area contributed by atoms with E-state index in [0.29, 0.717) is 13.2 Å². The molecule has 6 nitrogen and oxygen atoms in total. The lowest BCUT2D eigenvalue weighted by Gasteiger charge is -2.30. The van der Waals surface area contributed by atoms with Gasteiger partial charge in [0.2, 0.25) is 11.8 Å². The summed E-state index contributed by atoms with van der Waals surface area (Å²) in [6, 6.07) is 7.37. The summed E-state index contributed by atoms with van der Waals surface area (Å²) in [4.78, 5) is 26.7. The van der Waals surface area contributed by atoms with Gasteiger partial charge < -0.3 is 19.7 Å². The number of carbonyl (C=O) groups is 2. The number of ether oxygens (including phenoxy) is 2. The van der Waals surface area contributed by atoms with Crippen molar-refractivity contribution in [3.05, 3.63) is 24.3 Å². The predicted molar refractivity (Wildman–Crippen MR) is 109 cm³/mol. The number of hydrogen-bond donors (Lipinski definition) is 1. The Kier molecular flexibility index (Phi) is 9.11. The van der Waals surface area contributed by atoms with E-state index in [1.165, 1.54) is 0 Å². The smallest absolute Gasteiger partial charge is 0.225 e. The van der Waals surface area contributed by atoms with Crippen LogP contribution in [0.5, 0.6) is 11.5 Å². The monoisotopic (exact) mass is 390 g/mol. The van der Waals surface area contributed by atoms with Crippen LogP contribution in [0.15, 0.2) is 24.3 Å². The maximum atomic E-state index is 12.5. The van der Waals surface area contributed by atoms with Crippen molar-refractivity contribution in [1.29, 1.82) is 0 Å². The largest absolute Gasteiger partial charge is 0.497 e. The molecule has 6 heteroatoms. The second-order valence-electron chi connectivity index (χ2n) is 7.48. The average Bonchev–Trinajstić information content (AvgIpc) is 2.74. The average molecular weight is 391 g/mol. The zero-order valence-corrected chi connectivity index (χ0v) is 17.4. The van der Waals surface area contributed by atoms with Gasteiger partial charge in [-0.15, -0.1) is 0 Å². The topological polar surface area (TPSA) is 67.9 Å². The Labute approximate surface area is 168 Å². The van der Waals surface area contributed by atoms with Crippen molar-refractivity contribution in [3.8, 4) is 11.5 Å². The molecule has 0 atom stereocenters. The molecule has 28 heavy (non-hydrogen) atoms. The zero-order chi connectivity index (χ0) is 20.4. The van der Waals surface area contributed by atoms with Gasteiger partial charge in [-0.25, -0.2) is 0 Å². The standard InChI is InChI=1S/C22H34N2O4/c1-4-5-15-24(2)22(26)18-8-6-17(7-9-18)21(25)23-14-16-28-20-12-10-19(27-3)11-13-20/h10-13,17-18H,4-9,14-16H2,1-3H3,(H,23,25). The Morgan fingerprint density at radius 2 is 1.68 bits per heavy atom. The molecule has 1 aliphatic carbocycles. The number of rotatable bonds is 10. The molecular weight excluding hydrogens is 356 g/mol. The second kappa shape index (κ2) is 11.6. The van der Waals surface area contributed by atoms with Gasteiger partial charge in [0, 0.05) is 25.4 Å². The van der Waals surface area contributed by atoms with E-state index in [-0.39, 0.29) is 23.7 Å². The minimum Gasteiger partial charge on any atom is -0.497 e. The Morgan fingerprint density at radius 3 is 2.29 bits per heavy atom. The fourth-order valence-electron chi connectivity index (χ4n) is 3.58. The van der Waals surface area contributed by atoms with Crippen LogP contribution in [-0.2, 0) is 9.59 Å². The van der Waals surface area contributed by atoms with Gasteiger partial charge in [-0.05, 0) is 56.4 Å². The van der Waals surface area contributed by atoms with Gasteiger partial charge in [0.05, 0.1) is 13.7 Å². The van der Waals surface area contributed by atoms with Crippen molar-refractivity contribution in [2.75, 3.05) is 33.9 Å². The minimum atomic E-state index is 0.00554. The molecule has 0 bridgehead atoms. The molecule has 1 fully saturated rings. The molecule has 156 valence electrons. The molecule has 0 aliphatic heterocycles. The minimum absolute atomic E-state index is 0.00554. The molecule has 1 N–H and O–H groups in total. The highest BCUT2D eigenvalue weighted by Crippen LogP contribution is 2.30. The summed E-state index contributed by atoms with van der Waals surface area (Å²) in [6.45, 7) is 3.85. The third-order valence-corrected chi connectivity index (χ3v) is 5.40. The van der Waals surface area contributed by atoms with Gasteiger partial charge in [0.1, 0.15) is 18.1 Å². The molecule has 2 amide bonds. The van der Waals surface area contributed by atoms with Crippen LogP contribution in [-0.4, -0.2) is 50.6 Å². The van der Waals surface area contributed by atoms with Crippen LogP contribution >= 0.6 is 0 Å². The molecule has 0 heterocycles. The number of nitrogens with zero attached hydrogens (tertiary/aromatic N) is 1. The van der Waals surface area contributed by atoms with E-state index in [0.717, 1.165) is 56.6 Å². The molecule has 1 aromatic carbocycles. The first-order valence-corrected chi connectivity index (χ1v) is 10.3. The van der Waals surface area contributed by atoms with Crippen LogP contribution in [0.3, 0.4) is 0 Å². The van der Waals surface area contributed by atoms with E-state index in [9.17, 15) is 9.59 Å². The molecular formula is C22H34N2O4. The van der Waals surface area contributed by atoms with Crippen LogP contribution < -0.4 is 14.8 Å². The summed E-state index contributed by atoms with van der Waals surface area (Å²) in [5, 5.41) is 2.96. The Hall–Kier alpha value is -2.24. The van der Waals surface area contributed by atoms with Crippen LogP contribution in [0.4, 0.5) is 0 Å². The maximum Gasteiger partial charge on any atom is 0.225 e. The lowest BCUT2D eigenvalue weighted by Crippen LogP contribution is -2.39. The highest BCUT2D eigenvalue weighted by Gasteiger charge is 2.31. The van der Waals surface area contributed by atoms with Crippen LogP contribution in [0.25, 0.3) is 0 Å². The SMILES string of the molecule is CCCCN(C)C(=O)C1CCC(C(=O)NCCOc2ccc(OC)cc2)CC1. The number of hydrogen-bond acceptors (Lipinski definition) is 4. The van der Waals surface area contributed by atoms with E-state index in [1.807, 2.05) is 36.2 Å². The molecule has 0 aromatic heterocycles. The van der Waals surface area contributed by atoms with E-state index in [1.54, 1.807) is 7.11 Å². The van der Waals surface area contributed by atoms with Crippen molar-refractivity contribution >= 4 is 11.8 Å². The summed E-state index contributed by atoms with van der Waals surface area (Å²) < 4.78 is 10.7. The molecule has 1 saturated carbocycles. The predicted octanol–water partition coefficient (Wildman–Crippen LogP) is 3.26. The van der Waals surface area contributed by atoms with Gasteiger partial charge in [-0.1, -0.05) is 13.3 Å². The molecule has 0 saturated heterocycles. The fraction of sp³-hybridized carbons (Fsp3) is 0.636. The summed E-state index contributed by atoms with van der Waals surface area (Å²) in [5.74, 6) is 1.92. The van der Waals surface area contributed by atoms with Crippen LogP contribution in [0.2, 0.25) is 0 Å². The van der Waals surface area contributed by atoms with Crippen molar-refractivity contribution in [2.45, 2.75) is 45.4 Å². The van der Waals surface area contributed by atoms with E-state index in [2.05, 4.69) is 12.2 Å².